The molecule has 23 heavy (non-hydrogen) atoms. The third-order valence-electron chi connectivity index (χ3n) is 4.14. The molecule has 5 nitrogen and oxygen atoms in total. The molecule has 2 heterocycles. The summed E-state index contributed by atoms with van der Waals surface area (Å²) in [6, 6.07) is 10.2. The first-order chi connectivity index (χ1) is 11.2. The molecule has 1 aliphatic heterocycles. The summed E-state index contributed by atoms with van der Waals surface area (Å²) < 4.78 is 1.08. The molecule has 1 fully saturated rings. The van der Waals surface area contributed by atoms with Gasteiger partial charge in [0.1, 0.15) is 18.0 Å². The molecule has 1 unspecified atom stereocenters. The van der Waals surface area contributed by atoms with E-state index in [0.717, 1.165) is 48.6 Å². The molecular weight excluding hydrogens is 356 g/mol. The lowest BCUT2D eigenvalue weighted by atomic mass is 9.99. The van der Waals surface area contributed by atoms with Crippen LogP contribution in [0.2, 0.25) is 0 Å². The van der Waals surface area contributed by atoms with E-state index in [1.807, 2.05) is 18.2 Å². The maximum absolute atomic E-state index is 9.36. The molecule has 122 valence electrons. The van der Waals surface area contributed by atoms with Crippen LogP contribution in [0.3, 0.4) is 0 Å². The Labute approximate surface area is 144 Å². The molecule has 1 aromatic carbocycles. The van der Waals surface area contributed by atoms with Gasteiger partial charge in [-0.2, -0.15) is 0 Å². The van der Waals surface area contributed by atoms with Gasteiger partial charge in [0.2, 0.25) is 0 Å². The van der Waals surface area contributed by atoms with Gasteiger partial charge in [0.15, 0.2) is 0 Å². The van der Waals surface area contributed by atoms with Crippen LogP contribution in [0, 0.1) is 5.92 Å². The lowest BCUT2D eigenvalue weighted by molar-refractivity contribution is 0.208. The number of rotatable bonds is 5. The minimum Gasteiger partial charge on any atom is -0.396 e. The van der Waals surface area contributed by atoms with E-state index in [4.69, 9.17) is 0 Å². The van der Waals surface area contributed by atoms with Crippen LogP contribution >= 0.6 is 15.9 Å². The summed E-state index contributed by atoms with van der Waals surface area (Å²) in [5.74, 6) is 2.10. The number of aliphatic hydroxyl groups is 1. The smallest absolute Gasteiger partial charge is 0.134 e. The highest BCUT2D eigenvalue weighted by atomic mass is 79.9. The van der Waals surface area contributed by atoms with Gasteiger partial charge < -0.3 is 15.3 Å². The van der Waals surface area contributed by atoms with Gasteiger partial charge >= 0.3 is 0 Å². The lowest BCUT2D eigenvalue weighted by Crippen LogP contribution is -2.37. The standard InChI is InChI=1S/C17H21BrN4O/c18-15-5-3-13(4-6-15)9-19-16-8-17(21-12-20-16)22-7-1-2-14(10-22)11-23/h3-6,8,12,14,23H,1-2,7,9-11H2,(H,19,20,21). The quantitative estimate of drug-likeness (QED) is 0.839. The number of halogens is 1. The third-order valence-corrected chi connectivity index (χ3v) is 4.67. The van der Waals surface area contributed by atoms with Crippen LogP contribution in [-0.4, -0.2) is 34.8 Å². The molecule has 3 rings (SSSR count). The van der Waals surface area contributed by atoms with Crippen molar-refractivity contribution in [2.24, 2.45) is 5.92 Å². The summed E-state index contributed by atoms with van der Waals surface area (Å²) in [6.07, 6.45) is 3.78. The molecule has 6 heteroatoms. The Hall–Kier alpha value is -1.66. The summed E-state index contributed by atoms with van der Waals surface area (Å²) in [6.45, 7) is 2.82. The summed E-state index contributed by atoms with van der Waals surface area (Å²) >= 11 is 3.44. The van der Waals surface area contributed by atoms with E-state index in [1.54, 1.807) is 6.33 Å². The number of nitrogens with one attached hydrogen (secondary N) is 1. The predicted molar refractivity (Wildman–Crippen MR) is 95.5 cm³/mol. The fourth-order valence-corrected chi connectivity index (χ4v) is 3.10. The average Bonchev–Trinajstić information content (AvgIpc) is 2.61. The number of piperidine rings is 1. The number of aromatic nitrogens is 2. The monoisotopic (exact) mass is 376 g/mol. The minimum atomic E-state index is 0.246. The summed E-state index contributed by atoms with van der Waals surface area (Å²) in [7, 11) is 0. The first-order valence-electron chi connectivity index (χ1n) is 7.91. The van der Waals surface area contributed by atoms with Crippen molar-refractivity contribution >= 4 is 27.6 Å². The summed E-state index contributed by atoms with van der Waals surface area (Å²) in [4.78, 5) is 10.9. The summed E-state index contributed by atoms with van der Waals surface area (Å²) in [5, 5.41) is 12.7. The van der Waals surface area contributed by atoms with Crippen LogP contribution in [0.4, 0.5) is 11.6 Å². The number of nitrogens with zero attached hydrogens (tertiary/aromatic N) is 3. The Bertz CT molecular complexity index is 635. The van der Waals surface area contributed by atoms with E-state index >= 15 is 0 Å². The van der Waals surface area contributed by atoms with Gasteiger partial charge in [-0.15, -0.1) is 0 Å². The average molecular weight is 377 g/mol. The van der Waals surface area contributed by atoms with Crippen LogP contribution in [-0.2, 0) is 6.54 Å². The van der Waals surface area contributed by atoms with Gasteiger partial charge in [0.05, 0.1) is 0 Å². The zero-order valence-electron chi connectivity index (χ0n) is 13.0. The van der Waals surface area contributed by atoms with Crippen molar-refractivity contribution in [1.29, 1.82) is 0 Å². The zero-order chi connectivity index (χ0) is 16.1. The van der Waals surface area contributed by atoms with Crippen molar-refractivity contribution in [3.8, 4) is 0 Å². The maximum atomic E-state index is 9.36. The second kappa shape index (κ2) is 7.75. The van der Waals surface area contributed by atoms with E-state index in [2.05, 4.69) is 48.2 Å². The third kappa shape index (κ3) is 4.42. The van der Waals surface area contributed by atoms with Crippen LogP contribution in [0.25, 0.3) is 0 Å². The Balaban J connectivity index is 1.64. The minimum absolute atomic E-state index is 0.246. The van der Waals surface area contributed by atoms with Gasteiger partial charge in [-0.25, -0.2) is 9.97 Å². The highest BCUT2D eigenvalue weighted by Gasteiger charge is 2.20. The highest BCUT2D eigenvalue weighted by molar-refractivity contribution is 9.10. The van der Waals surface area contributed by atoms with Crippen molar-refractivity contribution in [2.45, 2.75) is 19.4 Å². The molecule has 1 aromatic heterocycles. The van der Waals surface area contributed by atoms with E-state index in [0.29, 0.717) is 5.92 Å². The Morgan fingerprint density at radius 3 is 2.87 bits per heavy atom. The molecule has 2 N–H and O–H groups in total. The molecule has 1 atom stereocenters. The molecule has 0 spiro atoms. The number of aliphatic hydroxyl groups excluding tert-OH is 1. The molecule has 0 radical (unpaired) electrons. The number of anilines is 2. The van der Waals surface area contributed by atoms with Gasteiger partial charge in [0.25, 0.3) is 0 Å². The largest absolute Gasteiger partial charge is 0.396 e. The molecule has 1 aliphatic rings. The molecule has 0 saturated carbocycles. The van der Waals surface area contributed by atoms with Crippen molar-refractivity contribution in [2.75, 3.05) is 29.9 Å². The highest BCUT2D eigenvalue weighted by Crippen LogP contribution is 2.22. The Morgan fingerprint density at radius 1 is 1.26 bits per heavy atom. The van der Waals surface area contributed by atoms with E-state index in [1.165, 1.54) is 5.56 Å². The van der Waals surface area contributed by atoms with Gasteiger partial charge in [-0.3, -0.25) is 0 Å². The van der Waals surface area contributed by atoms with Crippen LogP contribution < -0.4 is 10.2 Å². The number of hydrogen-bond acceptors (Lipinski definition) is 5. The topological polar surface area (TPSA) is 61.3 Å². The maximum Gasteiger partial charge on any atom is 0.134 e. The molecule has 0 aliphatic carbocycles. The predicted octanol–water partition coefficient (Wildman–Crippen LogP) is 3.06. The fraction of sp³-hybridized carbons (Fsp3) is 0.412. The van der Waals surface area contributed by atoms with Crippen molar-refractivity contribution < 1.29 is 5.11 Å². The second-order valence-corrected chi connectivity index (χ2v) is 6.79. The normalized spacial score (nSPS) is 18.0. The number of benzene rings is 1. The first-order valence-corrected chi connectivity index (χ1v) is 8.70. The van der Waals surface area contributed by atoms with Crippen molar-refractivity contribution in [1.82, 2.24) is 9.97 Å². The van der Waals surface area contributed by atoms with E-state index in [9.17, 15) is 5.11 Å². The SMILES string of the molecule is OCC1CCCN(c2cc(NCc3ccc(Br)cc3)ncn2)C1. The van der Waals surface area contributed by atoms with Gasteiger partial charge in [-0.1, -0.05) is 28.1 Å². The molecule has 0 amide bonds. The van der Waals surface area contributed by atoms with E-state index < -0.39 is 0 Å². The van der Waals surface area contributed by atoms with Gasteiger partial charge in [0, 0.05) is 36.8 Å². The Morgan fingerprint density at radius 2 is 2.09 bits per heavy atom. The van der Waals surface area contributed by atoms with E-state index in [-0.39, 0.29) is 6.61 Å². The molecular formula is C17H21BrN4O. The Kier molecular flexibility index (Phi) is 5.46. The summed E-state index contributed by atoms with van der Waals surface area (Å²) in [5.41, 5.74) is 1.20. The van der Waals surface area contributed by atoms with Crippen LogP contribution in [0.1, 0.15) is 18.4 Å². The molecule has 1 saturated heterocycles. The van der Waals surface area contributed by atoms with Crippen LogP contribution in [0.15, 0.2) is 41.1 Å². The van der Waals surface area contributed by atoms with Gasteiger partial charge in [-0.05, 0) is 36.5 Å². The van der Waals surface area contributed by atoms with Crippen LogP contribution in [0.5, 0.6) is 0 Å². The lowest BCUT2D eigenvalue weighted by Gasteiger charge is -2.32. The second-order valence-electron chi connectivity index (χ2n) is 5.88. The number of hydrogen-bond donors (Lipinski definition) is 2. The van der Waals surface area contributed by atoms with Crippen molar-refractivity contribution in [3.05, 3.63) is 46.7 Å². The zero-order valence-corrected chi connectivity index (χ0v) is 14.5. The fourth-order valence-electron chi connectivity index (χ4n) is 2.83. The molecule has 0 bridgehead atoms. The van der Waals surface area contributed by atoms with Crippen molar-refractivity contribution in [3.63, 3.8) is 0 Å². The first kappa shape index (κ1) is 16.2. The molecule has 2 aromatic rings.